The van der Waals surface area contributed by atoms with E-state index in [0.29, 0.717) is 0 Å². The molecule has 0 aromatic heterocycles. The number of nitrogens with zero attached hydrogens (tertiary/aromatic N) is 1. The van der Waals surface area contributed by atoms with Crippen molar-refractivity contribution in [3.05, 3.63) is 35.9 Å². The van der Waals surface area contributed by atoms with Crippen molar-refractivity contribution in [3.8, 4) is 0 Å². The van der Waals surface area contributed by atoms with E-state index in [0.717, 1.165) is 18.7 Å². The van der Waals surface area contributed by atoms with Crippen LogP contribution in [0.5, 0.6) is 0 Å². The van der Waals surface area contributed by atoms with E-state index in [1.807, 2.05) is 30.3 Å². The molecule has 1 aliphatic heterocycles. The molecule has 2 N–H and O–H groups in total. The number of likely N-dealkylation sites (tertiary alicyclic amines) is 1. The summed E-state index contributed by atoms with van der Waals surface area (Å²) in [6, 6.07) is 9.96. The van der Waals surface area contributed by atoms with Crippen molar-refractivity contribution in [2.45, 2.75) is 37.8 Å². The van der Waals surface area contributed by atoms with Crippen LogP contribution in [0.3, 0.4) is 0 Å². The Kier molecular flexibility index (Phi) is 5.17. The Labute approximate surface area is 109 Å². The van der Waals surface area contributed by atoms with Gasteiger partial charge in [-0.1, -0.05) is 43.2 Å². The van der Waals surface area contributed by atoms with Crippen LogP contribution in [0.2, 0.25) is 0 Å². The van der Waals surface area contributed by atoms with Gasteiger partial charge in [-0.15, -0.1) is 0 Å². The molecule has 0 spiro atoms. The smallest absolute Gasteiger partial charge is 0.0967 e. The Morgan fingerprint density at radius 3 is 2.17 bits per heavy atom. The molecule has 18 heavy (non-hydrogen) atoms. The summed E-state index contributed by atoms with van der Waals surface area (Å²) >= 11 is 0. The van der Waals surface area contributed by atoms with Gasteiger partial charge in [-0.05, 0) is 31.5 Å². The quantitative estimate of drug-likeness (QED) is 0.857. The van der Waals surface area contributed by atoms with E-state index in [9.17, 15) is 10.2 Å². The van der Waals surface area contributed by atoms with Gasteiger partial charge in [-0.2, -0.15) is 0 Å². The zero-order chi connectivity index (χ0) is 12.8. The van der Waals surface area contributed by atoms with E-state index in [1.165, 1.54) is 25.7 Å². The van der Waals surface area contributed by atoms with Crippen LogP contribution in [0.25, 0.3) is 0 Å². The van der Waals surface area contributed by atoms with Gasteiger partial charge in [-0.3, -0.25) is 4.90 Å². The highest BCUT2D eigenvalue weighted by molar-refractivity contribution is 5.20. The predicted molar refractivity (Wildman–Crippen MR) is 72.3 cm³/mol. The van der Waals surface area contributed by atoms with Gasteiger partial charge in [0.2, 0.25) is 0 Å². The zero-order valence-corrected chi connectivity index (χ0v) is 10.8. The molecule has 2 atom stereocenters. The molecule has 1 aromatic rings. The molecule has 2 rings (SSSR count). The molecule has 1 saturated heterocycles. The molecular weight excluding hydrogens is 226 g/mol. The molecule has 1 fully saturated rings. The average Bonchev–Trinajstić information content (AvgIpc) is 2.69. The van der Waals surface area contributed by atoms with E-state index >= 15 is 0 Å². The van der Waals surface area contributed by atoms with Crippen molar-refractivity contribution in [1.82, 2.24) is 4.90 Å². The summed E-state index contributed by atoms with van der Waals surface area (Å²) in [6.07, 6.45) is 4.20. The van der Waals surface area contributed by atoms with Crippen LogP contribution in [0, 0.1) is 0 Å². The number of benzene rings is 1. The van der Waals surface area contributed by atoms with Crippen LogP contribution in [0.15, 0.2) is 30.3 Å². The zero-order valence-electron chi connectivity index (χ0n) is 10.8. The molecule has 0 unspecified atom stereocenters. The predicted octanol–water partition coefficient (Wildman–Crippen LogP) is 1.96. The molecule has 100 valence electrons. The van der Waals surface area contributed by atoms with Gasteiger partial charge >= 0.3 is 0 Å². The topological polar surface area (TPSA) is 43.7 Å². The largest absolute Gasteiger partial charge is 0.394 e. The lowest BCUT2D eigenvalue weighted by atomic mass is 9.99. The number of rotatable bonds is 4. The molecule has 0 radical (unpaired) electrons. The van der Waals surface area contributed by atoms with E-state index in [2.05, 4.69) is 4.90 Å². The number of aliphatic hydroxyl groups excluding tert-OH is 2. The third-order valence-electron chi connectivity index (χ3n) is 3.73. The van der Waals surface area contributed by atoms with Crippen molar-refractivity contribution in [1.29, 1.82) is 0 Å². The van der Waals surface area contributed by atoms with Gasteiger partial charge in [0.1, 0.15) is 0 Å². The summed E-state index contributed by atoms with van der Waals surface area (Å²) in [7, 11) is 0. The van der Waals surface area contributed by atoms with Crippen LogP contribution < -0.4 is 0 Å². The first-order valence-corrected chi connectivity index (χ1v) is 6.91. The first-order valence-electron chi connectivity index (χ1n) is 6.91. The Hall–Kier alpha value is -0.900. The summed E-state index contributed by atoms with van der Waals surface area (Å²) in [6.45, 7) is 1.84. The minimum atomic E-state index is -0.703. The summed E-state index contributed by atoms with van der Waals surface area (Å²) in [5.74, 6) is 0. The van der Waals surface area contributed by atoms with Crippen molar-refractivity contribution < 1.29 is 10.2 Å². The number of hydrogen-bond acceptors (Lipinski definition) is 3. The summed E-state index contributed by atoms with van der Waals surface area (Å²) in [4.78, 5) is 2.32. The molecular formula is C15H23NO2. The molecule has 0 bridgehead atoms. The van der Waals surface area contributed by atoms with E-state index in [1.54, 1.807) is 0 Å². The van der Waals surface area contributed by atoms with Gasteiger partial charge in [0.25, 0.3) is 0 Å². The Bertz CT molecular complexity index is 334. The van der Waals surface area contributed by atoms with Crippen molar-refractivity contribution in [3.63, 3.8) is 0 Å². The fourth-order valence-corrected chi connectivity index (χ4v) is 2.80. The normalized spacial score (nSPS) is 21.2. The van der Waals surface area contributed by atoms with Crippen LogP contribution in [0.4, 0.5) is 0 Å². The molecule has 1 heterocycles. The lowest BCUT2D eigenvalue weighted by Gasteiger charge is -2.33. The van der Waals surface area contributed by atoms with E-state index < -0.39 is 6.10 Å². The van der Waals surface area contributed by atoms with Gasteiger partial charge in [0, 0.05) is 0 Å². The Balaban J connectivity index is 2.18. The molecule has 3 nitrogen and oxygen atoms in total. The second-order valence-electron chi connectivity index (χ2n) is 5.06. The standard InChI is InChI=1S/C15H23NO2/c17-12-14(18)15(13-8-4-3-5-9-13)16-10-6-1-2-7-11-16/h3-5,8-9,14-15,17-18H,1-2,6-7,10-12H2/t14-,15+/m0/s1. The molecule has 0 amide bonds. The first kappa shape index (κ1) is 13.5. The van der Waals surface area contributed by atoms with Crippen molar-refractivity contribution in [2.24, 2.45) is 0 Å². The minimum absolute atomic E-state index is 0.0747. The SMILES string of the molecule is OC[C@H](O)[C@@H](c1ccccc1)N1CCCCCC1. The maximum atomic E-state index is 10.1. The highest BCUT2D eigenvalue weighted by Gasteiger charge is 2.27. The summed E-state index contributed by atoms with van der Waals surface area (Å²) in [5.41, 5.74) is 1.10. The Morgan fingerprint density at radius 1 is 1.00 bits per heavy atom. The third-order valence-corrected chi connectivity index (χ3v) is 3.73. The Morgan fingerprint density at radius 2 is 1.61 bits per heavy atom. The second-order valence-corrected chi connectivity index (χ2v) is 5.06. The monoisotopic (exact) mass is 249 g/mol. The lowest BCUT2D eigenvalue weighted by molar-refractivity contribution is 0.0106. The maximum absolute atomic E-state index is 10.1. The van der Waals surface area contributed by atoms with Crippen LogP contribution in [-0.4, -0.2) is 40.9 Å². The van der Waals surface area contributed by atoms with E-state index in [4.69, 9.17) is 0 Å². The van der Waals surface area contributed by atoms with Gasteiger partial charge in [0.05, 0.1) is 18.8 Å². The first-order chi connectivity index (χ1) is 8.83. The maximum Gasteiger partial charge on any atom is 0.0967 e. The molecule has 1 aromatic carbocycles. The summed E-state index contributed by atoms with van der Waals surface area (Å²) in [5, 5.41) is 19.4. The number of hydrogen-bond donors (Lipinski definition) is 2. The highest BCUT2D eigenvalue weighted by atomic mass is 16.3. The van der Waals surface area contributed by atoms with Gasteiger partial charge in [0.15, 0.2) is 0 Å². The highest BCUT2D eigenvalue weighted by Crippen LogP contribution is 2.27. The molecule has 0 saturated carbocycles. The van der Waals surface area contributed by atoms with Gasteiger partial charge in [-0.25, -0.2) is 0 Å². The van der Waals surface area contributed by atoms with Crippen LogP contribution in [-0.2, 0) is 0 Å². The van der Waals surface area contributed by atoms with Gasteiger partial charge < -0.3 is 10.2 Å². The third kappa shape index (κ3) is 3.31. The van der Waals surface area contributed by atoms with Crippen LogP contribution >= 0.6 is 0 Å². The summed E-state index contributed by atoms with van der Waals surface area (Å²) < 4.78 is 0. The van der Waals surface area contributed by atoms with Crippen molar-refractivity contribution >= 4 is 0 Å². The fourth-order valence-electron chi connectivity index (χ4n) is 2.80. The molecule has 1 aliphatic rings. The number of aliphatic hydroxyl groups is 2. The van der Waals surface area contributed by atoms with Crippen molar-refractivity contribution in [2.75, 3.05) is 19.7 Å². The average molecular weight is 249 g/mol. The lowest BCUT2D eigenvalue weighted by Crippen LogP contribution is -2.39. The van der Waals surface area contributed by atoms with E-state index in [-0.39, 0.29) is 12.6 Å². The van der Waals surface area contributed by atoms with Crippen LogP contribution in [0.1, 0.15) is 37.3 Å². The second kappa shape index (κ2) is 6.88. The molecule has 0 aliphatic carbocycles. The minimum Gasteiger partial charge on any atom is -0.394 e. The molecule has 3 heteroatoms. The fraction of sp³-hybridized carbons (Fsp3) is 0.600.